The summed E-state index contributed by atoms with van der Waals surface area (Å²) >= 11 is 1.74. The van der Waals surface area contributed by atoms with E-state index in [1.165, 1.54) is 4.88 Å². The summed E-state index contributed by atoms with van der Waals surface area (Å²) in [6.45, 7) is 7.92. The molecule has 0 aliphatic heterocycles. The van der Waals surface area contributed by atoms with Gasteiger partial charge in [-0.25, -0.2) is 4.98 Å². The van der Waals surface area contributed by atoms with Crippen LogP contribution in [-0.2, 0) is 17.6 Å². The van der Waals surface area contributed by atoms with Gasteiger partial charge in [-0.2, -0.15) is 0 Å². The molecule has 138 valence electrons. The van der Waals surface area contributed by atoms with Crippen LogP contribution in [0.1, 0.15) is 29.0 Å². The average molecular weight is 365 g/mol. The molecule has 0 spiro atoms. The van der Waals surface area contributed by atoms with E-state index in [1.54, 1.807) is 17.6 Å². The summed E-state index contributed by atoms with van der Waals surface area (Å²) in [7, 11) is 0. The van der Waals surface area contributed by atoms with Crippen molar-refractivity contribution in [1.29, 1.82) is 0 Å². The summed E-state index contributed by atoms with van der Waals surface area (Å²) in [6.07, 6.45) is 6.27. The summed E-state index contributed by atoms with van der Waals surface area (Å²) in [5, 5.41) is 7.89. The van der Waals surface area contributed by atoms with Gasteiger partial charge in [-0.3, -0.25) is 4.99 Å². The maximum Gasteiger partial charge on any atom is 0.191 e. The Kier molecular flexibility index (Phi) is 9.07. The number of ether oxygens (including phenoxy) is 1. The average Bonchev–Trinajstić information content (AvgIpc) is 3.26. The maximum absolute atomic E-state index is 5.36. The van der Waals surface area contributed by atoms with Gasteiger partial charge in [-0.05, 0) is 32.4 Å². The largest absolute Gasteiger partial charge is 0.469 e. The van der Waals surface area contributed by atoms with Crippen molar-refractivity contribution in [3.8, 4) is 0 Å². The Morgan fingerprint density at radius 2 is 2.16 bits per heavy atom. The molecule has 0 fully saturated rings. The lowest BCUT2D eigenvalue weighted by Crippen LogP contribution is -2.39. The van der Waals surface area contributed by atoms with E-state index >= 15 is 0 Å². The van der Waals surface area contributed by atoms with Gasteiger partial charge in [0.05, 0.1) is 11.3 Å². The summed E-state index contributed by atoms with van der Waals surface area (Å²) in [6, 6.07) is 3.89. The van der Waals surface area contributed by atoms with Crippen molar-refractivity contribution in [2.24, 2.45) is 4.99 Å². The van der Waals surface area contributed by atoms with Gasteiger partial charge in [-0.1, -0.05) is 0 Å². The Labute approximate surface area is 153 Å². The van der Waals surface area contributed by atoms with Crippen LogP contribution in [-0.4, -0.2) is 43.8 Å². The van der Waals surface area contributed by atoms with Crippen molar-refractivity contribution in [2.75, 3.05) is 32.8 Å². The first-order chi connectivity index (χ1) is 12.3. The number of nitrogens with zero attached hydrogens (tertiary/aromatic N) is 2. The van der Waals surface area contributed by atoms with Crippen LogP contribution in [0, 0.1) is 6.92 Å². The molecule has 25 heavy (non-hydrogen) atoms. The monoisotopic (exact) mass is 364 g/mol. The molecule has 0 saturated carbocycles. The molecule has 2 aromatic heterocycles. The molecule has 6 nitrogen and oxygen atoms in total. The topological polar surface area (TPSA) is 71.7 Å². The van der Waals surface area contributed by atoms with Crippen molar-refractivity contribution in [3.63, 3.8) is 0 Å². The highest BCUT2D eigenvalue weighted by atomic mass is 32.1. The summed E-state index contributed by atoms with van der Waals surface area (Å²) < 4.78 is 10.7. The van der Waals surface area contributed by atoms with E-state index in [0.29, 0.717) is 0 Å². The van der Waals surface area contributed by atoms with Gasteiger partial charge in [0, 0.05) is 56.8 Å². The lowest BCUT2D eigenvalue weighted by molar-refractivity contribution is 0.146. The third kappa shape index (κ3) is 8.18. The van der Waals surface area contributed by atoms with E-state index in [2.05, 4.69) is 27.5 Å². The van der Waals surface area contributed by atoms with Crippen LogP contribution in [0.4, 0.5) is 0 Å². The molecular formula is C18H28N4O2S. The Balaban J connectivity index is 1.74. The number of guanidine groups is 1. The summed E-state index contributed by atoms with van der Waals surface area (Å²) in [5.74, 6) is 1.80. The number of aromatic nitrogens is 1. The van der Waals surface area contributed by atoms with Crippen LogP contribution in [0.25, 0.3) is 0 Å². The van der Waals surface area contributed by atoms with E-state index in [-0.39, 0.29) is 0 Å². The quantitative estimate of drug-likeness (QED) is 0.364. The smallest absolute Gasteiger partial charge is 0.191 e. The van der Waals surface area contributed by atoms with Crippen LogP contribution in [0.2, 0.25) is 0 Å². The van der Waals surface area contributed by atoms with Crippen molar-refractivity contribution < 1.29 is 9.15 Å². The predicted octanol–water partition coefficient (Wildman–Crippen LogP) is 2.79. The van der Waals surface area contributed by atoms with E-state index < -0.39 is 0 Å². The summed E-state index contributed by atoms with van der Waals surface area (Å²) in [5.41, 5.74) is 0. The molecule has 0 unspecified atom stereocenters. The molecule has 0 bridgehead atoms. The van der Waals surface area contributed by atoms with E-state index in [4.69, 9.17) is 9.15 Å². The zero-order valence-electron chi connectivity index (χ0n) is 15.1. The highest BCUT2D eigenvalue weighted by Gasteiger charge is 2.02. The minimum atomic E-state index is 0.743. The lowest BCUT2D eigenvalue weighted by atomic mass is 10.3. The van der Waals surface area contributed by atoms with Gasteiger partial charge in [0.15, 0.2) is 5.96 Å². The van der Waals surface area contributed by atoms with Crippen LogP contribution in [0.15, 0.2) is 34.0 Å². The maximum atomic E-state index is 5.36. The fraction of sp³-hybridized carbons (Fsp3) is 0.556. The zero-order valence-corrected chi connectivity index (χ0v) is 15.9. The van der Waals surface area contributed by atoms with Crippen LogP contribution >= 0.6 is 11.3 Å². The highest BCUT2D eigenvalue weighted by Crippen LogP contribution is 2.10. The van der Waals surface area contributed by atoms with Crippen molar-refractivity contribution in [2.45, 2.75) is 33.1 Å². The van der Waals surface area contributed by atoms with Gasteiger partial charge in [-0.15, -0.1) is 11.3 Å². The van der Waals surface area contributed by atoms with Gasteiger partial charge in [0.25, 0.3) is 0 Å². The first kappa shape index (κ1) is 19.5. The standard InChI is InChI=1S/C18H28N4O2S/c1-3-23-12-5-9-19-18(20-10-7-16-6-4-13-24-16)21-11-8-17-22-14-15(2)25-17/h4,6,13-14H,3,5,7-12H2,1-2H3,(H2,19,20,21). The number of rotatable bonds is 11. The van der Waals surface area contributed by atoms with E-state index in [9.17, 15) is 0 Å². The molecular weight excluding hydrogens is 336 g/mol. The van der Waals surface area contributed by atoms with Crippen LogP contribution in [0.3, 0.4) is 0 Å². The summed E-state index contributed by atoms with van der Waals surface area (Å²) in [4.78, 5) is 10.3. The fourth-order valence-corrected chi connectivity index (χ4v) is 3.03. The molecule has 2 heterocycles. The molecule has 2 rings (SSSR count). The van der Waals surface area contributed by atoms with Crippen LogP contribution < -0.4 is 10.6 Å². The molecule has 7 heteroatoms. The van der Waals surface area contributed by atoms with Crippen LogP contribution in [0.5, 0.6) is 0 Å². The highest BCUT2D eigenvalue weighted by molar-refractivity contribution is 7.11. The van der Waals surface area contributed by atoms with E-state index in [1.807, 2.05) is 25.3 Å². The Hall–Kier alpha value is -1.86. The molecule has 2 aromatic rings. The van der Waals surface area contributed by atoms with Crippen molar-refractivity contribution in [1.82, 2.24) is 15.6 Å². The molecule has 0 saturated heterocycles. The molecule has 0 aliphatic rings. The Morgan fingerprint density at radius 3 is 2.84 bits per heavy atom. The molecule has 0 radical (unpaired) electrons. The SMILES string of the molecule is CCOCCCN=C(NCCc1ccco1)NCCc1ncc(C)s1. The molecule has 0 aliphatic carbocycles. The zero-order chi connectivity index (χ0) is 17.7. The van der Waals surface area contributed by atoms with Crippen molar-refractivity contribution in [3.05, 3.63) is 40.2 Å². The molecule has 0 amide bonds. The lowest BCUT2D eigenvalue weighted by Gasteiger charge is -2.12. The van der Waals surface area contributed by atoms with Crippen molar-refractivity contribution >= 4 is 17.3 Å². The second-order valence-electron chi connectivity index (χ2n) is 5.58. The minimum Gasteiger partial charge on any atom is -0.469 e. The molecule has 0 atom stereocenters. The molecule has 0 aromatic carbocycles. The van der Waals surface area contributed by atoms with Gasteiger partial charge in [0.1, 0.15) is 5.76 Å². The number of nitrogens with one attached hydrogen (secondary N) is 2. The second-order valence-corrected chi connectivity index (χ2v) is 6.90. The first-order valence-corrected chi connectivity index (χ1v) is 9.63. The molecule has 2 N–H and O–H groups in total. The normalized spacial score (nSPS) is 11.7. The minimum absolute atomic E-state index is 0.743. The number of hydrogen-bond acceptors (Lipinski definition) is 5. The number of furan rings is 1. The predicted molar refractivity (Wildman–Crippen MR) is 102 cm³/mol. The number of thiazole rings is 1. The third-order valence-corrected chi connectivity index (χ3v) is 4.44. The third-order valence-electron chi connectivity index (χ3n) is 3.47. The fourth-order valence-electron chi connectivity index (χ4n) is 2.24. The number of aliphatic imine (C=N–C) groups is 1. The van der Waals surface area contributed by atoms with E-state index in [0.717, 1.165) is 68.8 Å². The van der Waals surface area contributed by atoms with Gasteiger partial charge < -0.3 is 19.8 Å². The van der Waals surface area contributed by atoms with Gasteiger partial charge in [0.2, 0.25) is 0 Å². The van der Waals surface area contributed by atoms with Gasteiger partial charge >= 0.3 is 0 Å². The Morgan fingerprint density at radius 1 is 1.32 bits per heavy atom. The number of hydrogen-bond donors (Lipinski definition) is 2. The Bertz CT molecular complexity index is 610. The number of aryl methyl sites for hydroxylation is 1. The first-order valence-electron chi connectivity index (χ1n) is 8.81. The second kappa shape index (κ2) is 11.7.